The van der Waals surface area contributed by atoms with Gasteiger partial charge in [-0.25, -0.2) is 0 Å². The maximum absolute atomic E-state index is 12.3. The molecule has 0 spiro atoms. The summed E-state index contributed by atoms with van der Waals surface area (Å²) in [6.07, 6.45) is 0. The molecule has 0 bridgehead atoms. The van der Waals surface area contributed by atoms with Crippen LogP contribution in [0.1, 0.15) is 27.0 Å². The van der Waals surface area contributed by atoms with Crippen molar-refractivity contribution in [2.75, 3.05) is 12.3 Å². The van der Waals surface area contributed by atoms with Gasteiger partial charge >= 0.3 is 0 Å². The number of thioether (sulfide) groups is 2. The first kappa shape index (κ1) is 20.6. The van der Waals surface area contributed by atoms with Crippen molar-refractivity contribution in [3.05, 3.63) is 101 Å². The van der Waals surface area contributed by atoms with Gasteiger partial charge in [0.25, 0.3) is 5.91 Å². The topological polar surface area (TPSA) is 29.1 Å². The van der Waals surface area contributed by atoms with E-state index < -0.39 is 0 Å². The molecule has 0 saturated heterocycles. The molecule has 28 heavy (non-hydrogen) atoms. The predicted molar refractivity (Wildman–Crippen MR) is 122 cm³/mol. The highest BCUT2D eigenvalue weighted by molar-refractivity contribution is 7.99. The van der Waals surface area contributed by atoms with E-state index in [9.17, 15) is 4.79 Å². The van der Waals surface area contributed by atoms with Crippen molar-refractivity contribution in [2.45, 2.75) is 23.3 Å². The first-order chi connectivity index (χ1) is 13.7. The van der Waals surface area contributed by atoms with E-state index >= 15 is 0 Å². The first-order valence-corrected chi connectivity index (χ1v) is 11.5. The van der Waals surface area contributed by atoms with E-state index in [0.717, 1.165) is 22.8 Å². The number of carbonyl (C=O) groups excluding carboxylic acids is 1. The number of aryl methyl sites for hydroxylation is 1. The van der Waals surface area contributed by atoms with Gasteiger partial charge in [-0.15, -0.1) is 11.8 Å². The second kappa shape index (κ2) is 11.0. The molecule has 3 rings (SSSR count). The summed E-state index contributed by atoms with van der Waals surface area (Å²) in [5, 5.41) is 3.00. The van der Waals surface area contributed by atoms with Gasteiger partial charge < -0.3 is 5.32 Å². The van der Waals surface area contributed by atoms with E-state index in [1.807, 2.05) is 42.1 Å². The fourth-order valence-corrected chi connectivity index (χ4v) is 4.41. The Morgan fingerprint density at radius 1 is 0.821 bits per heavy atom. The standard InChI is InChI=1S/C24H25NOS2/c1-19-7-13-23(14-8-19)28-16-15-25-24(26)22-11-9-21(10-12-22)18-27-17-20-5-3-2-4-6-20/h2-14H,15-18H2,1H3,(H,25,26). The molecule has 0 atom stereocenters. The van der Waals surface area contributed by atoms with Crippen LogP contribution in [-0.2, 0) is 11.5 Å². The molecule has 1 amide bonds. The summed E-state index contributed by atoms with van der Waals surface area (Å²) in [5.41, 5.74) is 4.57. The van der Waals surface area contributed by atoms with Crippen LogP contribution in [0.2, 0.25) is 0 Å². The van der Waals surface area contributed by atoms with Gasteiger partial charge in [-0.1, -0.05) is 60.2 Å². The molecule has 0 aliphatic heterocycles. The average molecular weight is 408 g/mol. The van der Waals surface area contributed by atoms with Gasteiger partial charge in [0.15, 0.2) is 0 Å². The molecule has 0 radical (unpaired) electrons. The minimum absolute atomic E-state index is 0.00649. The summed E-state index contributed by atoms with van der Waals surface area (Å²) in [5.74, 6) is 2.81. The van der Waals surface area contributed by atoms with E-state index in [2.05, 4.69) is 60.8 Å². The summed E-state index contributed by atoms with van der Waals surface area (Å²) in [7, 11) is 0. The van der Waals surface area contributed by atoms with Crippen LogP contribution in [0.3, 0.4) is 0 Å². The molecule has 0 saturated carbocycles. The highest BCUT2D eigenvalue weighted by Gasteiger charge is 2.05. The Bertz CT molecular complexity index is 861. The third-order valence-corrected chi connectivity index (χ3v) is 6.36. The maximum atomic E-state index is 12.3. The van der Waals surface area contributed by atoms with Crippen LogP contribution in [0.15, 0.2) is 83.8 Å². The molecular formula is C24H25NOS2. The van der Waals surface area contributed by atoms with Crippen molar-refractivity contribution in [1.82, 2.24) is 5.32 Å². The highest BCUT2D eigenvalue weighted by Crippen LogP contribution is 2.19. The summed E-state index contributed by atoms with van der Waals surface area (Å²) in [6, 6.07) is 26.9. The number of hydrogen-bond donors (Lipinski definition) is 1. The van der Waals surface area contributed by atoms with Crippen LogP contribution in [0.5, 0.6) is 0 Å². The molecule has 0 unspecified atom stereocenters. The first-order valence-electron chi connectivity index (χ1n) is 9.39. The number of nitrogens with one attached hydrogen (secondary N) is 1. The highest BCUT2D eigenvalue weighted by atomic mass is 32.2. The van der Waals surface area contributed by atoms with Gasteiger partial charge in [-0.2, -0.15) is 11.8 Å². The quantitative estimate of drug-likeness (QED) is 0.351. The molecule has 3 aromatic carbocycles. The molecule has 4 heteroatoms. The SMILES string of the molecule is Cc1ccc(SCCNC(=O)c2ccc(CSCc3ccccc3)cc2)cc1. The van der Waals surface area contributed by atoms with Crippen molar-refractivity contribution >= 4 is 29.4 Å². The Hall–Kier alpha value is -2.17. The van der Waals surface area contributed by atoms with E-state index in [1.165, 1.54) is 21.6 Å². The number of benzene rings is 3. The van der Waals surface area contributed by atoms with Crippen LogP contribution in [0.25, 0.3) is 0 Å². The number of hydrogen-bond acceptors (Lipinski definition) is 3. The zero-order valence-electron chi connectivity index (χ0n) is 16.1. The summed E-state index contributed by atoms with van der Waals surface area (Å²) in [4.78, 5) is 13.5. The minimum atomic E-state index is -0.00649. The van der Waals surface area contributed by atoms with Crippen molar-refractivity contribution in [1.29, 1.82) is 0 Å². The largest absolute Gasteiger partial charge is 0.351 e. The molecule has 2 nitrogen and oxygen atoms in total. The molecule has 1 N–H and O–H groups in total. The zero-order valence-corrected chi connectivity index (χ0v) is 17.7. The molecular weight excluding hydrogens is 382 g/mol. The Labute approximate surface area is 176 Å². The lowest BCUT2D eigenvalue weighted by Gasteiger charge is -2.07. The van der Waals surface area contributed by atoms with E-state index in [0.29, 0.717) is 6.54 Å². The summed E-state index contributed by atoms with van der Waals surface area (Å²) < 4.78 is 0. The van der Waals surface area contributed by atoms with Gasteiger partial charge in [-0.3, -0.25) is 4.79 Å². The monoisotopic (exact) mass is 407 g/mol. The lowest BCUT2D eigenvalue weighted by molar-refractivity contribution is 0.0956. The summed E-state index contributed by atoms with van der Waals surface area (Å²) in [6.45, 7) is 2.74. The Kier molecular flexibility index (Phi) is 8.07. The van der Waals surface area contributed by atoms with Crippen LogP contribution in [0, 0.1) is 6.92 Å². The zero-order chi connectivity index (χ0) is 19.6. The molecule has 0 aliphatic rings. The van der Waals surface area contributed by atoms with Crippen molar-refractivity contribution in [3.8, 4) is 0 Å². The smallest absolute Gasteiger partial charge is 0.251 e. The average Bonchev–Trinajstić information content (AvgIpc) is 2.73. The van der Waals surface area contributed by atoms with Crippen LogP contribution >= 0.6 is 23.5 Å². The third-order valence-electron chi connectivity index (χ3n) is 4.27. The Morgan fingerprint density at radius 2 is 1.46 bits per heavy atom. The second-order valence-corrected chi connectivity index (χ2v) is 8.75. The normalized spacial score (nSPS) is 10.6. The number of carbonyl (C=O) groups is 1. The fraction of sp³-hybridized carbons (Fsp3) is 0.208. The van der Waals surface area contributed by atoms with Gasteiger partial charge in [0.2, 0.25) is 0 Å². The van der Waals surface area contributed by atoms with Gasteiger partial charge in [0.05, 0.1) is 0 Å². The minimum Gasteiger partial charge on any atom is -0.351 e. The maximum Gasteiger partial charge on any atom is 0.251 e. The molecule has 144 valence electrons. The van der Waals surface area contributed by atoms with Crippen LogP contribution in [-0.4, -0.2) is 18.2 Å². The lowest BCUT2D eigenvalue weighted by atomic mass is 10.1. The lowest BCUT2D eigenvalue weighted by Crippen LogP contribution is -2.25. The molecule has 0 fully saturated rings. The summed E-state index contributed by atoms with van der Waals surface area (Å²) >= 11 is 3.64. The third kappa shape index (κ3) is 6.77. The van der Waals surface area contributed by atoms with Gasteiger partial charge in [0, 0.05) is 34.3 Å². The fourth-order valence-electron chi connectivity index (χ4n) is 2.68. The van der Waals surface area contributed by atoms with E-state index in [1.54, 1.807) is 11.8 Å². The van der Waals surface area contributed by atoms with Gasteiger partial charge in [-0.05, 0) is 42.3 Å². The van der Waals surface area contributed by atoms with E-state index in [-0.39, 0.29) is 5.91 Å². The van der Waals surface area contributed by atoms with Gasteiger partial charge in [0.1, 0.15) is 0 Å². The van der Waals surface area contributed by atoms with Crippen molar-refractivity contribution in [3.63, 3.8) is 0 Å². The van der Waals surface area contributed by atoms with Crippen molar-refractivity contribution < 1.29 is 4.79 Å². The van der Waals surface area contributed by atoms with Crippen LogP contribution < -0.4 is 5.32 Å². The predicted octanol–water partition coefficient (Wildman–Crippen LogP) is 5.95. The Morgan fingerprint density at radius 3 is 2.14 bits per heavy atom. The number of rotatable bonds is 9. The Balaban J connectivity index is 1.37. The molecule has 3 aromatic rings. The second-order valence-electron chi connectivity index (χ2n) is 6.59. The molecule has 0 aromatic heterocycles. The molecule has 0 aliphatic carbocycles. The molecule has 0 heterocycles. The van der Waals surface area contributed by atoms with Crippen LogP contribution in [0.4, 0.5) is 0 Å². The van der Waals surface area contributed by atoms with Crippen molar-refractivity contribution in [2.24, 2.45) is 0 Å². The number of amides is 1. The van der Waals surface area contributed by atoms with E-state index in [4.69, 9.17) is 0 Å².